The fraction of sp³-hybridized carbons (Fsp3) is 0.357. The molecule has 0 aliphatic carbocycles. The molecule has 1 heterocycles. The summed E-state index contributed by atoms with van der Waals surface area (Å²) in [6.07, 6.45) is 0.771. The van der Waals surface area contributed by atoms with E-state index in [1.165, 1.54) is 11.3 Å². The molecule has 0 atom stereocenters. The summed E-state index contributed by atoms with van der Waals surface area (Å²) >= 11 is 1.39. The summed E-state index contributed by atoms with van der Waals surface area (Å²) in [4.78, 5) is 5.70. The molecular weight excluding hydrogens is 292 g/mol. The monoisotopic (exact) mass is 310 g/mol. The maximum absolute atomic E-state index is 12.3. The fourth-order valence-electron chi connectivity index (χ4n) is 1.93. The van der Waals surface area contributed by atoms with E-state index in [9.17, 15) is 8.42 Å². The number of nitrogens with two attached hydrogens (primary N) is 1. The Morgan fingerprint density at radius 1 is 1.25 bits per heavy atom. The van der Waals surface area contributed by atoms with Crippen LogP contribution in [0.15, 0.2) is 29.2 Å². The van der Waals surface area contributed by atoms with Crippen molar-refractivity contribution in [3.05, 3.63) is 45.4 Å². The Morgan fingerprint density at radius 2 is 1.90 bits per heavy atom. The number of sulfone groups is 1. The lowest BCUT2D eigenvalue weighted by molar-refractivity contribution is 0.595. The van der Waals surface area contributed by atoms with Gasteiger partial charge in [0, 0.05) is 11.4 Å². The van der Waals surface area contributed by atoms with Gasteiger partial charge in [-0.1, -0.05) is 24.6 Å². The Morgan fingerprint density at radius 3 is 2.40 bits per heavy atom. The predicted molar refractivity (Wildman–Crippen MR) is 81.5 cm³/mol. The molecule has 4 nitrogen and oxygen atoms in total. The third kappa shape index (κ3) is 3.26. The highest BCUT2D eigenvalue weighted by Crippen LogP contribution is 2.23. The first-order valence-electron chi connectivity index (χ1n) is 6.43. The number of rotatable bonds is 5. The van der Waals surface area contributed by atoms with E-state index in [4.69, 9.17) is 5.73 Å². The smallest absolute Gasteiger partial charge is 0.184 e. The van der Waals surface area contributed by atoms with Gasteiger partial charge in [-0.25, -0.2) is 13.4 Å². The lowest BCUT2D eigenvalue weighted by Crippen LogP contribution is -2.04. The van der Waals surface area contributed by atoms with Gasteiger partial charge >= 0.3 is 0 Å². The topological polar surface area (TPSA) is 73.0 Å². The lowest BCUT2D eigenvalue weighted by Gasteiger charge is -2.02. The molecule has 0 radical (unpaired) electrons. The maximum Gasteiger partial charge on any atom is 0.184 e. The molecule has 0 bridgehead atoms. The Bertz CT molecular complexity index is 667. The number of thiazole rings is 1. The summed E-state index contributed by atoms with van der Waals surface area (Å²) in [5.74, 6) is -0.0618. The van der Waals surface area contributed by atoms with Crippen LogP contribution in [0.5, 0.6) is 0 Å². The molecule has 108 valence electrons. The van der Waals surface area contributed by atoms with Gasteiger partial charge in [-0.3, -0.25) is 0 Å². The maximum atomic E-state index is 12.3. The number of hydrogen-bond acceptors (Lipinski definition) is 5. The predicted octanol–water partition coefficient (Wildman–Crippen LogP) is 2.45. The second-order valence-corrected chi connectivity index (χ2v) is 7.77. The van der Waals surface area contributed by atoms with Crippen molar-refractivity contribution in [3.8, 4) is 0 Å². The molecule has 20 heavy (non-hydrogen) atoms. The minimum atomic E-state index is -3.34. The van der Waals surface area contributed by atoms with Crippen molar-refractivity contribution >= 4 is 21.2 Å². The van der Waals surface area contributed by atoms with Crippen molar-refractivity contribution in [1.82, 2.24) is 4.98 Å². The standard InChI is InChI=1S/C14H18N2O2S2/c1-3-12-13(8-15)19-14(16-12)9-20(17,18)11-6-4-10(2)5-7-11/h4-7H,3,8-9,15H2,1-2H3. The second-order valence-electron chi connectivity index (χ2n) is 4.61. The molecule has 2 rings (SSSR count). The molecule has 2 N–H and O–H groups in total. The summed E-state index contributed by atoms with van der Waals surface area (Å²) in [5.41, 5.74) is 7.60. The Balaban J connectivity index is 2.28. The third-order valence-electron chi connectivity index (χ3n) is 3.04. The molecule has 0 aliphatic heterocycles. The van der Waals surface area contributed by atoms with Gasteiger partial charge in [0.15, 0.2) is 9.84 Å². The highest BCUT2D eigenvalue weighted by atomic mass is 32.2. The Labute approximate surface area is 123 Å². The number of benzene rings is 1. The van der Waals surface area contributed by atoms with Gasteiger partial charge in [-0.2, -0.15) is 0 Å². The zero-order valence-corrected chi connectivity index (χ0v) is 13.2. The highest BCUT2D eigenvalue weighted by molar-refractivity contribution is 7.90. The number of hydrogen-bond donors (Lipinski definition) is 1. The molecule has 0 unspecified atom stereocenters. The van der Waals surface area contributed by atoms with E-state index in [1.54, 1.807) is 24.3 Å². The van der Waals surface area contributed by atoms with Crippen molar-refractivity contribution in [2.45, 2.75) is 37.5 Å². The van der Waals surface area contributed by atoms with Gasteiger partial charge < -0.3 is 5.73 Å². The van der Waals surface area contributed by atoms with Gasteiger partial charge in [0.05, 0.1) is 10.6 Å². The van der Waals surface area contributed by atoms with Crippen LogP contribution in [0.2, 0.25) is 0 Å². The van der Waals surface area contributed by atoms with Gasteiger partial charge in [0.1, 0.15) is 10.8 Å². The first kappa shape index (κ1) is 15.2. The minimum Gasteiger partial charge on any atom is -0.326 e. The molecule has 2 aromatic rings. The normalized spacial score (nSPS) is 11.8. The number of aromatic nitrogens is 1. The SMILES string of the molecule is CCc1nc(CS(=O)(=O)c2ccc(C)cc2)sc1CN. The zero-order chi connectivity index (χ0) is 14.8. The molecule has 0 amide bonds. The summed E-state index contributed by atoms with van der Waals surface area (Å²) in [7, 11) is -3.34. The molecule has 6 heteroatoms. The molecular formula is C14H18N2O2S2. The van der Waals surface area contributed by atoms with E-state index in [2.05, 4.69) is 4.98 Å². The first-order valence-corrected chi connectivity index (χ1v) is 8.90. The highest BCUT2D eigenvalue weighted by Gasteiger charge is 2.19. The summed E-state index contributed by atoms with van der Waals surface area (Å²) in [5, 5.41) is 0.614. The largest absolute Gasteiger partial charge is 0.326 e. The fourth-order valence-corrected chi connectivity index (χ4v) is 4.57. The number of aryl methyl sites for hydroxylation is 2. The molecule has 0 aliphatic rings. The van der Waals surface area contributed by atoms with Crippen LogP contribution >= 0.6 is 11.3 Å². The van der Waals surface area contributed by atoms with Gasteiger partial charge in [-0.15, -0.1) is 11.3 Å². The molecule has 0 saturated heterocycles. The van der Waals surface area contributed by atoms with E-state index in [-0.39, 0.29) is 5.75 Å². The van der Waals surface area contributed by atoms with Crippen LogP contribution in [-0.2, 0) is 28.6 Å². The first-order chi connectivity index (χ1) is 9.46. The van der Waals surface area contributed by atoms with Crippen molar-refractivity contribution in [2.24, 2.45) is 5.73 Å². The molecule has 0 spiro atoms. The van der Waals surface area contributed by atoms with E-state index in [0.717, 1.165) is 22.6 Å². The van der Waals surface area contributed by atoms with Crippen LogP contribution in [-0.4, -0.2) is 13.4 Å². The molecule has 0 fully saturated rings. The zero-order valence-electron chi connectivity index (χ0n) is 11.6. The summed E-state index contributed by atoms with van der Waals surface area (Å²) < 4.78 is 24.7. The summed E-state index contributed by atoms with van der Waals surface area (Å²) in [6.45, 7) is 4.33. The van der Waals surface area contributed by atoms with E-state index >= 15 is 0 Å². The Hall–Kier alpha value is -1.24. The van der Waals surface area contributed by atoms with Crippen LogP contribution in [0.25, 0.3) is 0 Å². The minimum absolute atomic E-state index is 0.0618. The average molecular weight is 310 g/mol. The van der Waals surface area contributed by atoms with Crippen LogP contribution in [0.4, 0.5) is 0 Å². The molecule has 1 aromatic heterocycles. The van der Waals surface area contributed by atoms with Crippen molar-refractivity contribution in [3.63, 3.8) is 0 Å². The van der Waals surface area contributed by atoms with Crippen LogP contribution in [0.1, 0.15) is 28.1 Å². The lowest BCUT2D eigenvalue weighted by atomic mass is 10.2. The van der Waals surface area contributed by atoms with Crippen LogP contribution < -0.4 is 5.73 Å². The van der Waals surface area contributed by atoms with E-state index in [1.807, 2.05) is 13.8 Å². The molecule has 0 saturated carbocycles. The van der Waals surface area contributed by atoms with Crippen molar-refractivity contribution in [1.29, 1.82) is 0 Å². The van der Waals surface area contributed by atoms with Gasteiger partial charge in [0.25, 0.3) is 0 Å². The second kappa shape index (κ2) is 6.03. The summed E-state index contributed by atoms with van der Waals surface area (Å²) in [6, 6.07) is 6.89. The van der Waals surface area contributed by atoms with Crippen molar-refractivity contribution < 1.29 is 8.42 Å². The van der Waals surface area contributed by atoms with Gasteiger partial charge in [-0.05, 0) is 25.5 Å². The Kier molecular flexibility index (Phi) is 4.57. The van der Waals surface area contributed by atoms with Crippen molar-refractivity contribution in [2.75, 3.05) is 0 Å². The third-order valence-corrected chi connectivity index (χ3v) is 5.98. The quantitative estimate of drug-likeness (QED) is 0.920. The van der Waals surface area contributed by atoms with Gasteiger partial charge in [0.2, 0.25) is 0 Å². The van der Waals surface area contributed by atoms with Crippen LogP contribution in [0, 0.1) is 6.92 Å². The average Bonchev–Trinajstić information content (AvgIpc) is 2.80. The number of nitrogens with zero attached hydrogens (tertiary/aromatic N) is 1. The van der Waals surface area contributed by atoms with E-state index in [0.29, 0.717) is 16.4 Å². The van der Waals surface area contributed by atoms with Crippen LogP contribution in [0.3, 0.4) is 0 Å². The van der Waals surface area contributed by atoms with E-state index < -0.39 is 9.84 Å². The molecule has 1 aromatic carbocycles.